The predicted octanol–water partition coefficient (Wildman–Crippen LogP) is 2.86. The molecule has 0 saturated carbocycles. The number of anilines is 2. The first-order valence-electron chi connectivity index (χ1n) is 7.96. The van der Waals surface area contributed by atoms with Crippen LogP contribution in [-0.2, 0) is 0 Å². The maximum Gasteiger partial charge on any atom is 0.257 e. The summed E-state index contributed by atoms with van der Waals surface area (Å²) in [4.78, 5) is 16.0. The minimum absolute atomic E-state index is 0.125. The number of amides is 1. The van der Waals surface area contributed by atoms with Gasteiger partial charge in [0.25, 0.3) is 5.91 Å². The number of benzene rings is 2. The molecule has 0 radical (unpaired) electrons. The average molecular weight is 346 g/mol. The Labute approximate surface area is 144 Å². The molecule has 7 heteroatoms. The van der Waals surface area contributed by atoms with E-state index in [9.17, 15) is 18.8 Å². The van der Waals surface area contributed by atoms with E-state index in [0.717, 1.165) is 6.07 Å². The fourth-order valence-electron chi connectivity index (χ4n) is 2.90. The third-order valence-corrected chi connectivity index (χ3v) is 4.30. The summed E-state index contributed by atoms with van der Waals surface area (Å²) in [6.07, 6.45) is 0. The molecule has 25 heavy (non-hydrogen) atoms. The Morgan fingerprint density at radius 1 is 1.04 bits per heavy atom. The lowest BCUT2D eigenvalue weighted by Crippen LogP contribution is -2.49. The normalized spacial score (nSPS) is 14.6. The van der Waals surface area contributed by atoms with Crippen molar-refractivity contribution in [3.05, 3.63) is 64.9 Å². The smallest absolute Gasteiger partial charge is 0.257 e. The first kappa shape index (κ1) is 17.2. The van der Waals surface area contributed by atoms with Crippen molar-refractivity contribution in [3.8, 4) is 0 Å². The second-order valence-corrected chi connectivity index (χ2v) is 5.89. The van der Waals surface area contributed by atoms with Gasteiger partial charge in [-0.1, -0.05) is 12.1 Å². The van der Waals surface area contributed by atoms with Gasteiger partial charge in [0.15, 0.2) is 0 Å². The van der Waals surface area contributed by atoms with Crippen molar-refractivity contribution in [2.45, 2.75) is 0 Å². The highest BCUT2D eigenvalue weighted by Gasteiger charge is 2.25. The van der Waals surface area contributed by atoms with Gasteiger partial charge in [0.05, 0.1) is 11.3 Å². The van der Waals surface area contributed by atoms with Crippen LogP contribution >= 0.6 is 0 Å². The SMILES string of the molecule is CN([O-])c1ccc(F)c(C(=O)N2CCN(c3ccccc3F)CC2)c1. The van der Waals surface area contributed by atoms with E-state index in [4.69, 9.17) is 0 Å². The van der Waals surface area contributed by atoms with E-state index in [1.807, 2.05) is 4.90 Å². The highest BCUT2D eigenvalue weighted by molar-refractivity contribution is 5.95. The van der Waals surface area contributed by atoms with Crippen LogP contribution in [0.2, 0.25) is 0 Å². The molecule has 5 nitrogen and oxygen atoms in total. The van der Waals surface area contributed by atoms with E-state index in [0.29, 0.717) is 36.9 Å². The second kappa shape index (κ2) is 7.06. The van der Waals surface area contributed by atoms with Crippen LogP contribution in [0.4, 0.5) is 20.2 Å². The average Bonchev–Trinajstić information content (AvgIpc) is 2.62. The molecule has 0 aliphatic carbocycles. The summed E-state index contributed by atoms with van der Waals surface area (Å²) < 4.78 is 27.9. The molecular weight excluding hydrogens is 328 g/mol. The Morgan fingerprint density at radius 2 is 1.72 bits per heavy atom. The molecule has 1 heterocycles. The highest BCUT2D eigenvalue weighted by Crippen LogP contribution is 2.22. The zero-order chi connectivity index (χ0) is 18.0. The minimum Gasteiger partial charge on any atom is -0.758 e. The Bertz CT molecular complexity index is 775. The molecule has 0 N–H and O–H groups in total. The molecule has 3 rings (SSSR count). The van der Waals surface area contributed by atoms with Gasteiger partial charge in [-0.05, 0) is 37.4 Å². The van der Waals surface area contributed by atoms with Crippen LogP contribution in [0.25, 0.3) is 0 Å². The van der Waals surface area contributed by atoms with Gasteiger partial charge in [0.1, 0.15) is 11.6 Å². The number of hydrogen-bond acceptors (Lipinski definition) is 4. The van der Waals surface area contributed by atoms with Crippen molar-refractivity contribution in [3.63, 3.8) is 0 Å². The van der Waals surface area contributed by atoms with Gasteiger partial charge in [-0.3, -0.25) is 4.79 Å². The van der Waals surface area contributed by atoms with Gasteiger partial charge in [0.2, 0.25) is 0 Å². The Morgan fingerprint density at radius 3 is 2.36 bits per heavy atom. The number of nitrogens with zero attached hydrogens (tertiary/aromatic N) is 3. The van der Waals surface area contributed by atoms with Crippen molar-refractivity contribution in [1.82, 2.24) is 4.90 Å². The van der Waals surface area contributed by atoms with E-state index in [1.54, 1.807) is 18.2 Å². The van der Waals surface area contributed by atoms with Gasteiger partial charge in [-0.15, -0.1) is 0 Å². The number of hydroxylamine groups is 1. The van der Waals surface area contributed by atoms with E-state index in [1.165, 1.54) is 30.1 Å². The van der Waals surface area contributed by atoms with Gasteiger partial charge in [-0.2, -0.15) is 0 Å². The maximum atomic E-state index is 14.0. The monoisotopic (exact) mass is 346 g/mol. The summed E-state index contributed by atoms with van der Waals surface area (Å²) in [5.41, 5.74) is 0.588. The molecule has 1 fully saturated rings. The lowest BCUT2D eigenvalue weighted by Gasteiger charge is -2.36. The summed E-state index contributed by atoms with van der Waals surface area (Å²) in [5, 5.41) is 11.9. The fourth-order valence-corrected chi connectivity index (χ4v) is 2.90. The minimum atomic E-state index is -0.660. The van der Waals surface area contributed by atoms with Gasteiger partial charge in [-0.25, -0.2) is 8.78 Å². The van der Waals surface area contributed by atoms with E-state index < -0.39 is 11.7 Å². The van der Waals surface area contributed by atoms with E-state index in [2.05, 4.69) is 0 Å². The number of carbonyl (C=O) groups is 1. The number of para-hydroxylation sites is 1. The zero-order valence-electron chi connectivity index (χ0n) is 13.8. The van der Waals surface area contributed by atoms with Gasteiger partial charge >= 0.3 is 0 Å². The molecule has 0 bridgehead atoms. The van der Waals surface area contributed by atoms with E-state index in [-0.39, 0.29) is 17.1 Å². The summed E-state index contributed by atoms with van der Waals surface area (Å²) >= 11 is 0. The molecule has 0 unspecified atom stereocenters. The molecular formula is C18H18F2N3O2-. The lowest BCUT2D eigenvalue weighted by atomic mass is 10.1. The molecule has 2 aromatic carbocycles. The number of halogens is 2. The van der Waals surface area contributed by atoms with Gasteiger partial charge in [0, 0.05) is 31.9 Å². The Balaban J connectivity index is 1.72. The summed E-state index contributed by atoms with van der Waals surface area (Å²) in [7, 11) is 1.29. The van der Waals surface area contributed by atoms with Crippen molar-refractivity contribution in [1.29, 1.82) is 0 Å². The third-order valence-electron chi connectivity index (χ3n) is 4.30. The summed E-state index contributed by atoms with van der Waals surface area (Å²) in [5.74, 6) is -1.43. The number of piperazine rings is 1. The first-order valence-corrected chi connectivity index (χ1v) is 7.96. The van der Waals surface area contributed by atoms with Crippen molar-refractivity contribution in [2.24, 2.45) is 0 Å². The molecule has 0 aromatic heterocycles. The number of rotatable bonds is 3. The van der Waals surface area contributed by atoms with Crippen LogP contribution in [0.5, 0.6) is 0 Å². The molecule has 2 aromatic rings. The zero-order valence-corrected chi connectivity index (χ0v) is 13.8. The van der Waals surface area contributed by atoms with Crippen LogP contribution in [0.3, 0.4) is 0 Å². The number of carbonyl (C=O) groups excluding carboxylic acids is 1. The van der Waals surface area contributed by atoms with Crippen LogP contribution < -0.4 is 9.96 Å². The van der Waals surface area contributed by atoms with Crippen LogP contribution in [0.15, 0.2) is 42.5 Å². The third kappa shape index (κ3) is 3.56. The molecule has 132 valence electrons. The number of hydrogen-bond donors (Lipinski definition) is 0. The Kier molecular flexibility index (Phi) is 4.85. The van der Waals surface area contributed by atoms with Crippen molar-refractivity contribution >= 4 is 17.3 Å². The topological polar surface area (TPSA) is 49.9 Å². The standard InChI is InChI=1S/C18H18F2N3O2/c1-21(25)13-6-7-15(19)14(12-13)18(24)23-10-8-22(9-11-23)17-5-3-2-4-16(17)20/h2-7,12H,8-11H2,1H3/q-1. The predicted molar refractivity (Wildman–Crippen MR) is 92.7 cm³/mol. The van der Waals surface area contributed by atoms with Crippen LogP contribution in [-0.4, -0.2) is 44.0 Å². The lowest BCUT2D eigenvalue weighted by molar-refractivity contribution is 0.0742. The van der Waals surface area contributed by atoms with Crippen LogP contribution in [0, 0.1) is 16.8 Å². The highest BCUT2D eigenvalue weighted by atomic mass is 19.1. The van der Waals surface area contributed by atoms with Crippen molar-refractivity contribution < 1.29 is 13.6 Å². The summed E-state index contributed by atoms with van der Waals surface area (Å²) in [6, 6.07) is 10.2. The van der Waals surface area contributed by atoms with Crippen molar-refractivity contribution in [2.75, 3.05) is 43.2 Å². The first-order chi connectivity index (χ1) is 12.0. The van der Waals surface area contributed by atoms with E-state index >= 15 is 0 Å². The maximum absolute atomic E-state index is 14.0. The summed E-state index contributed by atoms with van der Waals surface area (Å²) in [6.45, 7) is 1.61. The quantitative estimate of drug-likeness (QED) is 0.802. The molecule has 1 aliphatic heterocycles. The Hall–Kier alpha value is -2.67. The molecule has 0 atom stereocenters. The van der Waals surface area contributed by atoms with Gasteiger partial charge < -0.3 is 20.1 Å². The fraction of sp³-hybridized carbons (Fsp3) is 0.278. The molecule has 1 saturated heterocycles. The molecule has 1 amide bonds. The van der Waals surface area contributed by atoms with Crippen LogP contribution in [0.1, 0.15) is 10.4 Å². The largest absolute Gasteiger partial charge is 0.758 e. The molecule has 1 aliphatic rings. The molecule has 0 spiro atoms. The second-order valence-electron chi connectivity index (χ2n) is 5.89.